The number of hydrogen-bond acceptors (Lipinski definition) is 4. The van der Waals surface area contributed by atoms with E-state index in [1.165, 1.54) is 16.7 Å². The Bertz CT molecular complexity index is 1720. The number of pyridine rings is 1. The number of ether oxygens (including phenoxy) is 1. The number of amides is 1. The van der Waals surface area contributed by atoms with Gasteiger partial charge in [0.25, 0.3) is 5.91 Å². The second-order valence-corrected chi connectivity index (χ2v) is 11.1. The summed E-state index contributed by atoms with van der Waals surface area (Å²) in [7, 11) is 1.68. The lowest BCUT2D eigenvalue weighted by atomic mass is 10.00. The van der Waals surface area contributed by atoms with Crippen LogP contribution in [0.2, 0.25) is 5.02 Å². The SMILES string of the molecule is COc1ccc(-c2nc3ccc(-c4cc(C)ccc4C)cn3c2CN2CCN(C(=O)c3ccccc3Cl)CC2)cc1. The highest BCUT2D eigenvalue weighted by Gasteiger charge is 2.25. The second-order valence-electron chi connectivity index (χ2n) is 10.6. The lowest BCUT2D eigenvalue weighted by Gasteiger charge is -2.35. The van der Waals surface area contributed by atoms with Gasteiger partial charge in [-0.1, -0.05) is 47.5 Å². The van der Waals surface area contributed by atoms with Gasteiger partial charge in [0.1, 0.15) is 11.4 Å². The van der Waals surface area contributed by atoms with E-state index >= 15 is 0 Å². The zero-order valence-corrected chi connectivity index (χ0v) is 24.4. The quantitative estimate of drug-likeness (QED) is 0.225. The van der Waals surface area contributed by atoms with Gasteiger partial charge in [-0.25, -0.2) is 4.98 Å². The van der Waals surface area contributed by atoms with Crippen LogP contribution in [0.1, 0.15) is 27.2 Å². The summed E-state index contributed by atoms with van der Waals surface area (Å²) in [6, 6.07) is 26.2. The standard InChI is InChI=1S/C34H33ClN4O2/c1-23-8-9-24(2)29(20-23)26-12-15-32-36-33(25-10-13-27(41-3)14-11-25)31(39(32)21-26)22-37-16-18-38(19-17-37)34(40)28-6-4-5-7-30(28)35/h4-15,20-21H,16-19,22H2,1-3H3. The van der Waals surface area contributed by atoms with Crippen molar-refractivity contribution in [1.29, 1.82) is 0 Å². The van der Waals surface area contributed by atoms with Gasteiger partial charge >= 0.3 is 0 Å². The molecule has 41 heavy (non-hydrogen) atoms. The molecule has 0 radical (unpaired) electrons. The summed E-state index contributed by atoms with van der Waals surface area (Å²) in [5.41, 5.74) is 9.47. The molecule has 0 N–H and O–H groups in total. The Morgan fingerprint density at radius 1 is 0.902 bits per heavy atom. The van der Waals surface area contributed by atoms with Crippen LogP contribution >= 0.6 is 11.6 Å². The summed E-state index contributed by atoms with van der Waals surface area (Å²) in [4.78, 5) is 22.5. The highest BCUT2D eigenvalue weighted by molar-refractivity contribution is 6.33. The summed E-state index contributed by atoms with van der Waals surface area (Å²) in [6.07, 6.45) is 2.21. The predicted molar refractivity (Wildman–Crippen MR) is 165 cm³/mol. The van der Waals surface area contributed by atoms with Gasteiger partial charge < -0.3 is 14.0 Å². The number of halogens is 1. The lowest BCUT2D eigenvalue weighted by Crippen LogP contribution is -2.48. The average Bonchev–Trinajstić information content (AvgIpc) is 3.36. The van der Waals surface area contributed by atoms with Gasteiger partial charge in [0.15, 0.2) is 0 Å². The smallest absolute Gasteiger partial charge is 0.255 e. The van der Waals surface area contributed by atoms with E-state index in [0.717, 1.165) is 47.0 Å². The molecule has 1 amide bonds. The Morgan fingerprint density at radius 3 is 2.37 bits per heavy atom. The molecular weight excluding hydrogens is 532 g/mol. The van der Waals surface area contributed by atoms with Crippen molar-refractivity contribution in [1.82, 2.24) is 19.2 Å². The number of rotatable bonds is 6. The van der Waals surface area contributed by atoms with E-state index in [-0.39, 0.29) is 5.91 Å². The Morgan fingerprint density at radius 2 is 1.63 bits per heavy atom. The van der Waals surface area contributed by atoms with Crippen molar-refractivity contribution >= 4 is 23.2 Å². The topological polar surface area (TPSA) is 50.1 Å². The number of nitrogens with zero attached hydrogens (tertiary/aromatic N) is 4. The largest absolute Gasteiger partial charge is 0.497 e. The van der Waals surface area contributed by atoms with Crippen molar-refractivity contribution in [2.24, 2.45) is 0 Å². The summed E-state index contributed by atoms with van der Waals surface area (Å²) < 4.78 is 7.63. The number of aryl methyl sites for hydroxylation is 2. The molecule has 0 saturated carbocycles. The number of aromatic nitrogens is 2. The van der Waals surface area contributed by atoms with E-state index in [0.29, 0.717) is 30.2 Å². The van der Waals surface area contributed by atoms with E-state index in [9.17, 15) is 4.79 Å². The molecule has 2 aromatic heterocycles. The predicted octanol–water partition coefficient (Wildman–Crippen LogP) is 6.91. The fraction of sp³-hybridized carbons (Fsp3) is 0.235. The molecule has 0 atom stereocenters. The van der Waals surface area contributed by atoms with Crippen LogP contribution in [0.5, 0.6) is 5.75 Å². The molecule has 1 aliphatic rings. The first kappa shape index (κ1) is 27.1. The number of carbonyl (C=O) groups is 1. The molecule has 5 aromatic rings. The van der Waals surface area contributed by atoms with Crippen LogP contribution in [-0.4, -0.2) is 58.4 Å². The molecule has 1 fully saturated rings. The number of piperazine rings is 1. The van der Waals surface area contributed by atoms with Gasteiger partial charge in [0, 0.05) is 44.5 Å². The lowest BCUT2D eigenvalue weighted by molar-refractivity contribution is 0.0627. The summed E-state index contributed by atoms with van der Waals surface area (Å²) in [6.45, 7) is 7.82. The first-order valence-electron chi connectivity index (χ1n) is 13.9. The zero-order valence-electron chi connectivity index (χ0n) is 23.6. The Labute approximate surface area is 245 Å². The third-order valence-corrected chi connectivity index (χ3v) is 8.25. The van der Waals surface area contributed by atoms with Crippen LogP contribution in [0, 0.1) is 13.8 Å². The van der Waals surface area contributed by atoms with Crippen LogP contribution in [0.25, 0.3) is 28.0 Å². The third-order valence-electron chi connectivity index (χ3n) is 7.92. The highest BCUT2D eigenvalue weighted by Crippen LogP contribution is 2.31. The number of imidazole rings is 1. The minimum absolute atomic E-state index is 0.0119. The maximum atomic E-state index is 13.1. The number of methoxy groups -OCH3 is 1. The molecule has 0 aliphatic carbocycles. The second kappa shape index (κ2) is 11.4. The van der Waals surface area contributed by atoms with Crippen LogP contribution in [-0.2, 0) is 6.54 Å². The number of benzene rings is 3. The average molecular weight is 565 g/mol. The highest BCUT2D eigenvalue weighted by atomic mass is 35.5. The van der Waals surface area contributed by atoms with E-state index in [4.69, 9.17) is 21.3 Å². The van der Waals surface area contributed by atoms with E-state index < -0.39 is 0 Å². The molecule has 7 heteroatoms. The minimum atomic E-state index is -0.0119. The minimum Gasteiger partial charge on any atom is -0.497 e. The monoisotopic (exact) mass is 564 g/mol. The van der Waals surface area contributed by atoms with Crippen LogP contribution in [0.15, 0.2) is 85.1 Å². The van der Waals surface area contributed by atoms with Gasteiger partial charge in [0.2, 0.25) is 0 Å². The summed E-state index contributed by atoms with van der Waals surface area (Å²) >= 11 is 6.31. The van der Waals surface area contributed by atoms with Gasteiger partial charge in [-0.2, -0.15) is 0 Å². The van der Waals surface area contributed by atoms with Crippen LogP contribution in [0.3, 0.4) is 0 Å². The molecule has 1 aliphatic heterocycles. The molecule has 3 heterocycles. The Balaban J connectivity index is 1.33. The van der Waals surface area contributed by atoms with Crippen molar-refractivity contribution in [2.75, 3.05) is 33.3 Å². The first-order valence-corrected chi connectivity index (χ1v) is 14.3. The van der Waals surface area contributed by atoms with Crippen LogP contribution < -0.4 is 4.74 Å². The fourth-order valence-electron chi connectivity index (χ4n) is 5.56. The molecule has 6 rings (SSSR count). The van der Waals surface area contributed by atoms with Gasteiger partial charge in [-0.15, -0.1) is 0 Å². The first-order chi connectivity index (χ1) is 19.9. The molecule has 6 nitrogen and oxygen atoms in total. The van der Waals surface area contributed by atoms with Gasteiger partial charge in [0.05, 0.1) is 29.1 Å². The molecule has 0 unspecified atom stereocenters. The van der Waals surface area contributed by atoms with Crippen molar-refractivity contribution in [2.45, 2.75) is 20.4 Å². The van der Waals surface area contributed by atoms with Crippen molar-refractivity contribution in [3.8, 4) is 28.1 Å². The molecule has 0 spiro atoms. The van der Waals surface area contributed by atoms with Crippen molar-refractivity contribution < 1.29 is 9.53 Å². The maximum Gasteiger partial charge on any atom is 0.255 e. The Kier molecular flexibility index (Phi) is 7.52. The number of hydrogen-bond donors (Lipinski definition) is 0. The molecule has 0 bridgehead atoms. The number of carbonyl (C=O) groups excluding carboxylic acids is 1. The van der Waals surface area contributed by atoms with E-state index in [2.05, 4.69) is 71.8 Å². The van der Waals surface area contributed by atoms with Crippen molar-refractivity contribution in [3.05, 3.63) is 112 Å². The van der Waals surface area contributed by atoms with Gasteiger partial charge in [-0.05, 0) is 79.1 Å². The molecule has 1 saturated heterocycles. The molecule has 208 valence electrons. The van der Waals surface area contributed by atoms with E-state index in [1.807, 2.05) is 29.2 Å². The third kappa shape index (κ3) is 5.45. The fourth-order valence-corrected chi connectivity index (χ4v) is 5.77. The van der Waals surface area contributed by atoms with Crippen molar-refractivity contribution in [3.63, 3.8) is 0 Å². The van der Waals surface area contributed by atoms with Gasteiger partial charge in [-0.3, -0.25) is 9.69 Å². The number of fused-ring (bicyclic) bond motifs is 1. The summed E-state index contributed by atoms with van der Waals surface area (Å²) in [5, 5.41) is 0.495. The molecular formula is C34H33ClN4O2. The Hall–Kier alpha value is -4.13. The molecule has 3 aromatic carbocycles. The maximum absolute atomic E-state index is 13.1. The zero-order chi connectivity index (χ0) is 28.5. The van der Waals surface area contributed by atoms with Crippen LogP contribution in [0.4, 0.5) is 0 Å². The summed E-state index contributed by atoms with van der Waals surface area (Å²) in [5.74, 6) is 0.803. The van der Waals surface area contributed by atoms with E-state index in [1.54, 1.807) is 19.2 Å². The normalized spacial score (nSPS) is 14.0.